The second kappa shape index (κ2) is 5.72. The van der Waals surface area contributed by atoms with E-state index in [1.165, 1.54) is 0 Å². The van der Waals surface area contributed by atoms with E-state index in [0.717, 1.165) is 27.4 Å². The summed E-state index contributed by atoms with van der Waals surface area (Å²) in [5, 5.41) is 10.8. The maximum absolute atomic E-state index is 12.1. The number of nitrogens with zero attached hydrogens (tertiary/aromatic N) is 1. The van der Waals surface area contributed by atoms with Gasteiger partial charge in [-0.1, -0.05) is 6.92 Å². The van der Waals surface area contributed by atoms with Crippen molar-refractivity contribution in [3.05, 3.63) is 41.2 Å². The highest BCUT2D eigenvalue weighted by atomic mass is 16.5. The number of pyridine rings is 1. The fourth-order valence-electron chi connectivity index (χ4n) is 2.81. The van der Waals surface area contributed by atoms with Gasteiger partial charge in [-0.3, -0.25) is 0 Å². The molecule has 0 aliphatic rings. The molecular weight excluding hydrogens is 296 g/mol. The number of benzene rings is 1. The van der Waals surface area contributed by atoms with Crippen LogP contribution in [0.15, 0.2) is 24.4 Å². The number of carboxylic acids is 1. The number of nitrogens with one attached hydrogen (secondary N) is 1. The summed E-state index contributed by atoms with van der Waals surface area (Å²) in [6, 6.07) is 4.89. The molecule has 0 unspecified atom stereocenters. The molecule has 2 N–H and O–H groups in total. The number of rotatable bonds is 4. The summed E-state index contributed by atoms with van der Waals surface area (Å²) in [4.78, 5) is 30.8. The van der Waals surface area contributed by atoms with Crippen molar-refractivity contribution in [2.45, 2.75) is 20.3 Å². The molecule has 3 rings (SSSR count). The third-order valence-electron chi connectivity index (χ3n) is 3.81. The van der Waals surface area contributed by atoms with Crippen molar-refractivity contribution in [3.8, 4) is 0 Å². The number of carboxylic acid groups (broad SMARTS) is 1. The van der Waals surface area contributed by atoms with Gasteiger partial charge in [-0.25, -0.2) is 14.6 Å². The molecule has 0 aliphatic heterocycles. The van der Waals surface area contributed by atoms with Gasteiger partial charge < -0.3 is 14.8 Å². The largest absolute Gasteiger partial charge is 0.478 e. The third-order valence-corrected chi connectivity index (χ3v) is 3.81. The normalized spacial score (nSPS) is 11.0. The van der Waals surface area contributed by atoms with E-state index in [1.807, 2.05) is 6.92 Å². The summed E-state index contributed by atoms with van der Waals surface area (Å²) in [7, 11) is 0. The minimum atomic E-state index is -0.987. The molecule has 3 aromatic rings. The molecule has 0 amide bonds. The fraction of sp³-hybridized carbons (Fsp3) is 0.235. The predicted molar refractivity (Wildman–Crippen MR) is 85.9 cm³/mol. The van der Waals surface area contributed by atoms with E-state index >= 15 is 0 Å². The van der Waals surface area contributed by atoms with Gasteiger partial charge in [0.1, 0.15) is 0 Å². The summed E-state index contributed by atoms with van der Waals surface area (Å²) in [5.74, 6) is -1.45. The molecule has 23 heavy (non-hydrogen) atoms. The Morgan fingerprint density at radius 2 is 2.04 bits per heavy atom. The van der Waals surface area contributed by atoms with Crippen molar-refractivity contribution in [3.63, 3.8) is 0 Å². The number of ether oxygens (including phenoxy) is 1. The van der Waals surface area contributed by atoms with Crippen LogP contribution in [0, 0.1) is 0 Å². The number of carbonyl (C=O) groups is 2. The lowest BCUT2D eigenvalue weighted by atomic mass is 10.0. The number of aryl methyl sites for hydroxylation is 1. The maximum Gasteiger partial charge on any atom is 0.357 e. The zero-order valence-corrected chi connectivity index (χ0v) is 12.8. The number of esters is 1. The first-order valence-electron chi connectivity index (χ1n) is 7.40. The summed E-state index contributed by atoms with van der Waals surface area (Å²) in [5.41, 5.74) is 2.82. The summed E-state index contributed by atoms with van der Waals surface area (Å²) in [6.45, 7) is 3.95. The van der Waals surface area contributed by atoms with E-state index in [0.29, 0.717) is 6.42 Å². The molecule has 2 aromatic heterocycles. The van der Waals surface area contributed by atoms with Crippen molar-refractivity contribution in [1.82, 2.24) is 9.97 Å². The van der Waals surface area contributed by atoms with Crippen LogP contribution in [0.1, 0.15) is 40.3 Å². The molecule has 0 spiro atoms. The second-order valence-electron chi connectivity index (χ2n) is 5.14. The van der Waals surface area contributed by atoms with E-state index < -0.39 is 11.9 Å². The molecule has 0 bridgehead atoms. The molecule has 0 saturated heterocycles. The molecule has 6 heteroatoms. The molecule has 0 aliphatic carbocycles. The molecule has 118 valence electrons. The van der Waals surface area contributed by atoms with Crippen molar-refractivity contribution in [1.29, 1.82) is 0 Å². The van der Waals surface area contributed by atoms with Crippen molar-refractivity contribution >= 4 is 33.7 Å². The minimum Gasteiger partial charge on any atom is -0.478 e. The molecule has 6 nitrogen and oxygen atoms in total. The third kappa shape index (κ3) is 2.42. The highest BCUT2D eigenvalue weighted by Crippen LogP contribution is 2.31. The standard InChI is InChI=1S/C17H16N2O4/c1-3-10-14-11-7-9(16(20)21)5-6-12(11)19-13(14)8-18-15(10)17(22)23-4-2/h5-8,19H,3-4H2,1-2H3,(H,20,21). The van der Waals surface area contributed by atoms with E-state index in [2.05, 4.69) is 9.97 Å². The summed E-state index contributed by atoms with van der Waals surface area (Å²) < 4.78 is 5.06. The molecule has 0 saturated carbocycles. The first kappa shape index (κ1) is 15.0. The lowest BCUT2D eigenvalue weighted by molar-refractivity contribution is 0.0518. The zero-order valence-electron chi connectivity index (χ0n) is 12.8. The van der Waals surface area contributed by atoms with Crippen LogP contribution in [0.25, 0.3) is 21.8 Å². The fourth-order valence-corrected chi connectivity index (χ4v) is 2.81. The van der Waals surface area contributed by atoms with Crippen LogP contribution in [-0.4, -0.2) is 33.6 Å². The first-order chi connectivity index (χ1) is 11.1. The minimum absolute atomic E-state index is 0.204. The topological polar surface area (TPSA) is 92.3 Å². The Balaban J connectivity index is 2.35. The zero-order chi connectivity index (χ0) is 16.6. The average Bonchev–Trinajstić information content (AvgIpc) is 2.91. The monoisotopic (exact) mass is 312 g/mol. The van der Waals surface area contributed by atoms with Gasteiger partial charge in [-0.05, 0) is 37.1 Å². The first-order valence-corrected chi connectivity index (χ1v) is 7.40. The Morgan fingerprint density at radius 1 is 1.26 bits per heavy atom. The quantitative estimate of drug-likeness (QED) is 0.722. The van der Waals surface area contributed by atoms with Gasteiger partial charge in [0, 0.05) is 16.3 Å². The summed E-state index contributed by atoms with van der Waals surface area (Å²) >= 11 is 0. The molecular formula is C17H16N2O4. The van der Waals surface area contributed by atoms with Crippen molar-refractivity contribution in [2.24, 2.45) is 0 Å². The average molecular weight is 312 g/mol. The van der Waals surface area contributed by atoms with Gasteiger partial charge in [0.05, 0.1) is 23.9 Å². The van der Waals surface area contributed by atoms with Crippen molar-refractivity contribution < 1.29 is 19.4 Å². The van der Waals surface area contributed by atoms with E-state index in [-0.39, 0.29) is 17.9 Å². The highest BCUT2D eigenvalue weighted by Gasteiger charge is 2.19. The molecule has 0 radical (unpaired) electrons. The Morgan fingerprint density at radius 3 is 2.70 bits per heavy atom. The predicted octanol–water partition coefficient (Wildman–Crippen LogP) is 3.15. The lowest BCUT2D eigenvalue weighted by Gasteiger charge is -2.08. The molecule has 0 atom stereocenters. The number of hydrogen-bond acceptors (Lipinski definition) is 4. The number of carbonyl (C=O) groups excluding carboxylic acids is 1. The van der Waals surface area contributed by atoms with Gasteiger partial charge in [0.2, 0.25) is 0 Å². The van der Waals surface area contributed by atoms with Gasteiger partial charge in [0.15, 0.2) is 5.69 Å². The Kier molecular flexibility index (Phi) is 3.73. The van der Waals surface area contributed by atoms with Crippen LogP contribution in [0.4, 0.5) is 0 Å². The van der Waals surface area contributed by atoms with Crippen LogP contribution in [0.3, 0.4) is 0 Å². The molecule has 2 heterocycles. The Hall–Kier alpha value is -2.89. The number of aromatic nitrogens is 2. The second-order valence-corrected chi connectivity index (χ2v) is 5.14. The van der Waals surface area contributed by atoms with E-state index in [4.69, 9.17) is 4.74 Å². The van der Waals surface area contributed by atoms with Crippen LogP contribution in [0.5, 0.6) is 0 Å². The van der Waals surface area contributed by atoms with Crippen LogP contribution in [-0.2, 0) is 11.2 Å². The SMILES string of the molecule is CCOC(=O)c1ncc2[nH]c3ccc(C(=O)O)cc3c2c1CC. The van der Waals surface area contributed by atoms with Gasteiger partial charge in [-0.2, -0.15) is 0 Å². The number of aromatic carboxylic acids is 1. The summed E-state index contributed by atoms with van der Waals surface area (Å²) in [6.07, 6.45) is 2.17. The van der Waals surface area contributed by atoms with E-state index in [9.17, 15) is 14.7 Å². The van der Waals surface area contributed by atoms with Crippen LogP contribution >= 0.6 is 0 Å². The Labute approximate surface area is 132 Å². The Bertz CT molecular complexity index is 927. The number of aromatic amines is 1. The number of hydrogen-bond donors (Lipinski definition) is 2. The lowest BCUT2D eigenvalue weighted by Crippen LogP contribution is -2.10. The number of H-pyrrole nitrogens is 1. The smallest absolute Gasteiger partial charge is 0.357 e. The van der Waals surface area contributed by atoms with Crippen LogP contribution < -0.4 is 0 Å². The van der Waals surface area contributed by atoms with Gasteiger partial charge in [0.25, 0.3) is 0 Å². The highest BCUT2D eigenvalue weighted by molar-refractivity contribution is 6.12. The molecule has 0 fully saturated rings. The number of fused-ring (bicyclic) bond motifs is 3. The molecule has 1 aromatic carbocycles. The van der Waals surface area contributed by atoms with Gasteiger partial charge >= 0.3 is 11.9 Å². The van der Waals surface area contributed by atoms with E-state index in [1.54, 1.807) is 31.3 Å². The van der Waals surface area contributed by atoms with Crippen LogP contribution in [0.2, 0.25) is 0 Å². The van der Waals surface area contributed by atoms with Gasteiger partial charge in [-0.15, -0.1) is 0 Å². The van der Waals surface area contributed by atoms with Crippen molar-refractivity contribution in [2.75, 3.05) is 6.61 Å². The maximum atomic E-state index is 12.1.